The molecule has 1 atom stereocenters. The fraction of sp³-hybridized carbons (Fsp3) is 0.400. The van der Waals surface area contributed by atoms with Gasteiger partial charge in [0.15, 0.2) is 0 Å². The number of imide groups is 1. The molecule has 1 heterocycles. The predicted molar refractivity (Wildman–Crippen MR) is 80.7 cm³/mol. The highest BCUT2D eigenvalue weighted by atomic mass is 16.2. The molecular formula is C15H20N4O3. The van der Waals surface area contributed by atoms with Crippen LogP contribution in [0.5, 0.6) is 0 Å². The third-order valence-electron chi connectivity index (χ3n) is 3.73. The number of nitrogens with one attached hydrogen (secondary N) is 1. The van der Waals surface area contributed by atoms with Gasteiger partial charge in [-0.25, -0.2) is 4.79 Å². The summed E-state index contributed by atoms with van der Waals surface area (Å²) in [6.07, 6.45) is 0. The van der Waals surface area contributed by atoms with Crippen molar-refractivity contribution in [2.75, 3.05) is 26.2 Å². The van der Waals surface area contributed by atoms with E-state index in [2.05, 4.69) is 5.32 Å². The van der Waals surface area contributed by atoms with Gasteiger partial charge < -0.3 is 10.6 Å². The lowest BCUT2D eigenvalue weighted by molar-refractivity contribution is -0.132. The molecule has 4 amide bonds. The second-order valence-electron chi connectivity index (χ2n) is 5.21. The van der Waals surface area contributed by atoms with Crippen LogP contribution in [0.4, 0.5) is 4.79 Å². The maximum atomic E-state index is 12.3. The molecule has 118 valence electrons. The Balaban J connectivity index is 2.17. The van der Waals surface area contributed by atoms with E-state index in [0.717, 1.165) is 5.56 Å². The Morgan fingerprint density at radius 2 is 1.68 bits per heavy atom. The Bertz CT molecular complexity index is 553. The van der Waals surface area contributed by atoms with Crippen molar-refractivity contribution in [3.8, 4) is 0 Å². The lowest BCUT2D eigenvalue weighted by Gasteiger charge is -2.38. The Morgan fingerprint density at radius 3 is 2.18 bits per heavy atom. The molecule has 22 heavy (non-hydrogen) atoms. The predicted octanol–water partition coefficient (Wildman–Crippen LogP) is 0.0867. The fourth-order valence-corrected chi connectivity index (χ4v) is 2.65. The second kappa shape index (κ2) is 7.04. The Labute approximate surface area is 129 Å². The minimum atomic E-state index is -0.867. The number of hydrogen-bond donors (Lipinski definition) is 2. The fourth-order valence-electron chi connectivity index (χ4n) is 2.65. The molecule has 0 radical (unpaired) electrons. The third-order valence-corrected chi connectivity index (χ3v) is 3.73. The first-order chi connectivity index (χ1) is 10.5. The second-order valence-corrected chi connectivity index (χ2v) is 5.21. The number of carbonyl (C=O) groups excluding carboxylic acids is 3. The summed E-state index contributed by atoms with van der Waals surface area (Å²) >= 11 is 0. The maximum absolute atomic E-state index is 12.3. The van der Waals surface area contributed by atoms with Crippen molar-refractivity contribution in [2.24, 2.45) is 5.73 Å². The number of piperazine rings is 1. The van der Waals surface area contributed by atoms with Crippen molar-refractivity contribution in [1.82, 2.24) is 15.1 Å². The Kier molecular flexibility index (Phi) is 5.11. The van der Waals surface area contributed by atoms with Gasteiger partial charge in [-0.15, -0.1) is 0 Å². The van der Waals surface area contributed by atoms with Crippen LogP contribution in [-0.2, 0) is 9.59 Å². The number of urea groups is 1. The van der Waals surface area contributed by atoms with Gasteiger partial charge >= 0.3 is 6.03 Å². The van der Waals surface area contributed by atoms with Gasteiger partial charge in [0.1, 0.15) is 6.04 Å². The summed E-state index contributed by atoms with van der Waals surface area (Å²) < 4.78 is 0. The van der Waals surface area contributed by atoms with Gasteiger partial charge in [-0.1, -0.05) is 30.3 Å². The van der Waals surface area contributed by atoms with Gasteiger partial charge in [-0.2, -0.15) is 0 Å². The van der Waals surface area contributed by atoms with Crippen molar-refractivity contribution in [2.45, 2.75) is 13.0 Å². The van der Waals surface area contributed by atoms with E-state index in [1.165, 1.54) is 6.92 Å². The zero-order valence-corrected chi connectivity index (χ0v) is 12.5. The van der Waals surface area contributed by atoms with Crippen LogP contribution in [0, 0.1) is 0 Å². The monoisotopic (exact) mass is 304 g/mol. The summed E-state index contributed by atoms with van der Waals surface area (Å²) in [7, 11) is 0. The number of carbonyl (C=O) groups is 3. The molecule has 1 aromatic carbocycles. The molecule has 7 heteroatoms. The van der Waals surface area contributed by atoms with Crippen LogP contribution < -0.4 is 11.1 Å². The number of nitrogens with two attached hydrogens (primary N) is 1. The Morgan fingerprint density at radius 1 is 1.09 bits per heavy atom. The summed E-state index contributed by atoms with van der Waals surface area (Å²) in [5.41, 5.74) is 5.85. The molecular weight excluding hydrogens is 284 g/mol. The topological polar surface area (TPSA) is 95.7 Å². The lowest BCUT2D eigenvalue weighted by atomic mass is 10.0. The van der Waals surface area contributed by atoms with Crippen LogP contribution in [0.3, 0.4) is 0 Å². The molecule has 7 nitrogen and oxygen atoms in total. The van der Waals surface area contributed by atoms with Crippen molar-refractivity contribution in [3.63, 3.8) is 0 Å². The molecule has 0 bridgehead atoms. The van der Waals surface area contributed by atoms with Crippen LogP contribution >= 0.6 is 0 Å². The van der Waals surface area contributed by atoms with Crippen molar-refractivity contribution in [1.29, 1.82) is 0 Å². The van der Waals surface area contributed by atoms with E-state index >= 15 is 0 Å². The average Bonchev–Trinajstić information content (AvgIpc) is 2.48. The number of hydrogen-bond acceptors (Lipinski definition) is 4. The first-order valence-corrected chi connectivity index (χ1v) is 7.14. The Hall–Kier alpha value is -2.41. The number of nitrogens with zero attached hydrogens (tertiary/aromatic N) is 2. The van der Waals surface area contributed by atoms with Crippen LogP contribution in [0.1, 0.15) is 18.5 Å². The third kappa shape index (κ3) is 3.82. The van der Waals surface area contributed by atoms with Crippen molar-refractivity contribution < 1.29 is 14.4 Å². The molecule has 0 spiro atoms. The highest BCUT2D eigenvalue weighted by Crippen LogP contribution is 2.22. The molecule has 1 aromatic rings. The standard InChI is InChI=1S/C15H20N4O3/c1-11(20)18-7-9-19(10-8-18)13(14(21)17-15(16)22)12-5-3-2-4-6-12/h2-6,13H,7-10H2,1H3,(H3,16,17,21,22). The minimum Gasteiger partial charge on any atom is -0.351 e. The van der Waals surface area contributed by atoms with E-state index in [9.17, 15) is 14.4 Å². The SMILES string of the molecule is CC(=O)N1CCN(C(C(=O)NC(N)=O)c2ccccc2)CC1. The highest BCUT2D eigenvalue weighted by molar-refractivity contribution is 5.96. The first-order valence-electron chi connectivity index (χ1n) is 7.14. The van der Waals surface area contributed by atoms with Gasteiger partial charge in [0.25, 0.3) is 0 Å². The van der Waals surface area contributed by atoms with Gasteiger partial charge in [-0.3, -0.25) is 19.8 Å². The molecule has 2 rings (SSSR count). The molecule has 1 aliphatic heterocycles. The van der Waals surface area contributed by atoms with Crippen LogP contribution in [0.2, 0.25) is 0 Å². The summed E-state index contributed by atoms with van der Waals surface area (Å²) in [6.45, 7) is 3.77. The minimum absolute atomic E-state index is 0.0255. The largest absolute Gasteiger partial charge is 0.351 e. The van der Waals surface area contributed by atoms with Gasteiger partial charge in [0, 0.05) is 33.1 Å². The van der Waals surface area contributed by atoms with Crippen molar-refractivity contribution in [3.05, 3.63) is 35.9 Å². The normalized spacial score (nSPS) is 16.9. The molecule has 3 N–H and O–H groups in total. The molecule has 1 unspecified atom stereocenters. The average molecular weight is 304 g/mol. The van der Waals surface area contributed by atoms with E-state index in [-0.39, 0.29) is 5.91 Å². The van der Waals surface area contributed by atoms with Crippen molar-refractivity contribution >= 4 is 17.8 Å². The summed E-state index contributed by atoms with van der Waals surface area (Å²) in [5, 5.41) is 2.15. The quantitative estimate of drug-likeness (QED) is 0.827. The molecule has 1 saturated heterocycles. The van der Waals surface area contributed by atoms with Gasteiger partial charge in [0.2, 0.25) is 11.8 Å². The maximum Gasteiger partial charge on any atom is 0.318 e. The zero-order chi connectivity index (χ0) is 16.1. The zero-order valence-electron chi connectivity index (χ0n) is 12.5. The first kappa shape index (κ1) is 16.0. The number of amides is 4. The molecule has 0 aromatic heterocycles. The van der Waals surface area contributed by atoms with Gasteiger partial charge in [-0.05, 0) is 5.56 Å². The van der Waals surface area contributed by atoms with E-state index in [1.54, 1.807) is 4.90 Å². The van der Waals surface area contributed by atoms with E-state index in [1.807, 2.05) is 35.2 Å². The van der Waals surface area contributed by atoms with Crippen LogP contribution in [0.15, 0.2) is 30.3 Å². The summed E-state index contributed by atoms with van der Waals surface area (Å²) in [4.78, 5) is 38.4. The molecule has 1 aliphatic rings. The number of rotatable bonds is 3. The van der Waals surface area contributed by atoms with E-state index in [4.69, 9.17) is 5.73 Å². The van der Waals surface area contributed by atoms with E-state index in [0.29, 0.717) is 26.2 Å². The summed E-state index contributed by atoms with van der Waals surface area (Å²) in [5.74, 6) is -0.424. The highest BCUT2D eigenvalue weighted by Gasteiger charge is 2.31. The lowest BCUT2D eigenvalue weighted by Crippen LogP contribution is -2.53. The molecule has 0 aliphatic carbocycles. The van der Waals surface area contributed by atoms with Crippen LogP contribution in [-0.4, -0.2) is 53.8 Å². The molecule has 1 fully saturated rings. The number of benzene rings is 1. The number of primary amides is 1. The smallest absolute Gasteiger partial charge is 0.318 e. The summed E-state index contributed by atoms with van der Waals surface area (Å²) in [6, 6.07) is 7.75. The van der Waals surface area contributed by atoms with E-state index < -0.39 is 18.0 Å². The molecule has 0 saturated carbocycles. The van der Waals surface area contributed by atoms with Crippen LogP contribution in [0.25, 0.3) is 0 Å². The van der Waals surface area contributed by atoms with Gasteiger partial charge in [0.05, 0.1) is 0 Å².